The molecule has 5 rings (SSSR count). The second kappa shape index (κ2) is 13.1. The van der Waals surface area contributed by atoms with Crippen molar-refractivity contribution < 1.29 is 28.9 Å². The number of amides is 1. The molecule has 1 amide bonds. The van der Waals surface area contributed by atoms with Crippen LogP contribution in [0.1, 0.15) is 57.2 Å². The van der Waals surface area contributed by atoms with Crippen LogP contribution in [0.5, 0.6) is 17.2 Å². The summed E-state index contributed by atoms with van der Waals surface area (Å²) in [5.74, 6) is 0.123. The zero-order valence-corrected chi connectivity index (χ0v) is 24.8. The Kier molecular flexibility index (Phi) is 9.07. The average Bonchev–Trinajstić information content (AvgIpc) is 3.53. The van der Waals surface area contributed by atoms with Crippen LogP contribution in [0.3, 0.4) is 0 Å². The Morgan fingerprint density at radius 3 is 2.31 bits per heavy atom. The van der Waals surface area contributed by atoms with Gasteiger partial charge in [0.2, 0.25) is 0 Å². The summed E-state index contributed by atoms with van der Waals surface area (Å²) in [6, 6.07) is 18.8. The van der Waals surface area contributed by atoms with E-state index in [1.165, 1.54) is 16.2 Å². The van der Waals surface area contributed by atoms with Gasteiger partial charge in [0.25, 0.3) is 5.78 Å². The van der Waals surface area contributed by atoms with Crippen molar-refractivity contribution in [3.05, 3.63) is 83.4 Å². The zero-order chi connectivity index (χ0) is 29.6. The summed E-state index contributed by atoms with van der Waals surface area (Å²) in [6.45, 7) is 7.50. The molecular formula is C33H34N2O6S. The summed E-state index contributed by atoms with van der Waals surface area (Å²) in [6.07, 6.45) is 3.15. The third-order valence-corrected chi connectivity index (χ3v) is 7.96. The molecule has 0 aliphatic carbocycles. The number of aliphatic hydroxyl groups excluding tert-OH is 1. The smallest absolute Gasteiger partial charge is 0.301 e. The van der Waals surface area contributed by atoms with E-state index in [0.717, 1.165) is 24.0 Å². The van der Waals surface area contributed by atoms with E-state index in [4.69, 9.17) is 19.2 Å². The number of carbonyl (C=O) groups excluding carboxylic acids is 2. The number of carbonyl (C=O) groups is 2. The molecule has 9 heteroatoms. The fourth-order valence-electron chi connectivity index (χ4n) is 4.94. The molecule has 2 heterocycles. The Bertz CT molecular complexity index is 1610. The standard InChI is InChI=1S/C33H34N2O6S/c1-4-7-8-18-41-23-14-12-21(13-15-23)29-28(30(36)22-10-9-11-24(19-22)39-5-2)31(37)32(38)35(29)33-34-26-17-16-25(40-6-3)20-27(26)42-33/h9-17,19-20,29,36H,4-8,18H2,1-3H3. The monoisotopic (exact) mass is 586 g/mol. The van der Waals surface area contributed by atoms with Crippen molar-refractivity contribution in [2.24, 2.45) is 0 Å². The van der Waals surface area contributed by atoms with E-state index >= 15 is 0 Å². The quantitative estimate of drug-likeness (QED) is 0.0806. The maximum atomic E-state index is 13.6. The molecule has 8 nitrogen and oxygen atoms in total. The van der Waals surface area contributed by atoms with Crippen molar-refractivity contribution in [2.75, 3.05) is 24.7 Å². The number of nitrogens with zero attached hydrogens (tertiary/aromatic N) is 2. The van der Waals surface area contributed by atoms with Gasteiger partial charge in [0.1, 0.15) is 23.0 Å². The van der Waals surface area contributed by atoms with E-state index in [0.29, 0.717) is 58.8 Å². The van der Waals surface area contributed by atoms with Gasteiger partial charge in [-0.1, -0.05) is 55.4 Å². The summed E-state index contributed by atoms with van der Waals surface area (Å²) in [7, 11) is 0. The van der Waals surface area contributed by atoms with Gasteiger partial charge in [0, 0.05) is 5.56 Å². The molecule has 0 radical (unpaired) electrons. The molecule has 42 heavy (non-hydrogen) atoms. The number of unbranched alkanes of at least 4 members (excludes halogenated alkanes) is 2. The first-order valence-electron chi connectivity index (χ1n) is 14.3. The Morgan fingerprint density at radius 2 is 1.60 bits per heavy atom. The number of ketones is 1. The summed E-state index contributed by atoms with van der Waals surface area (Å²) >= 11 is 1.29. The molecule has 0 spiro atoms. The fourth-order valence-corrected chi connectivity index (χ4v) is 5.96. The summed E-state index contributed by atoms with van der Waals surface area (Å²) < 4.78 is 17.9. The number of thiazole rings is 1. The van der Waals surface area contributed by atoms with Gasteiger partial charge in [-0.05, 0) is 68.3 Å². The maximum absolute atomic E-state index is 13.6. The topological polar surface area (TPSA) is 98.2 Å². The van der Waals surface area contributed by atoms with Crippen molar-refractivity contribution in [3.8, 4) is 17.2 Å². The third kappa shape index (κ3) is 5.97. The second-order valence-corrected chi connectivity index (χ2v) is 10.8. The number of Topliss-reactive ketones (excluding diaryl/α,β-unsaturated/α-hetero) is 1. The van der Waals surface area contributed by atoms with Crippen LogP contribution in [0.15, 0.2) is 72.3 Å². The SMILES string of the molecule is CCCCCOc1ccc(C2C(=C(O)c3cccc(OCC)c3)C(=O)C(=O)N2c2nc3ccc(OCC)cc3s2)cc1. The minimum atomic E-state index is -0.901. The number of aliphatic hydroxyl groups is 1. The molecule has 1 aromatic heterocycles. The van der Waals surface area contributed by atoms with Gasteiger partial charge in [-0.15, -0.1) is 0 Å². The van der Waals surface area contributed by atoms with Crippen molar-refractivity contribution >= 4 is 44.1 Å². The van der Waals surface area contributed by atoms with Gasteiger partial charge < -0.3 is 19.3 Å². The minimum Gasteiger partial charge on any atom is -0.507 e. The molecule has 218 valence electrons. The number of benzene rings is 3. The highest BCUT2D eigenvalue weighted by Gasteiger charge is 2.48. The molecule has 0 saturated carbocycles. The van der Waals surface area contributed by atoms with Gasteiger partial charge in [-0.25, -0.2) is 4.98 Å². The Hall–Kier alpha value is -4.37. The number of ether oxygens (including phenoxy) is 3. The van der Waals surface area contributed by atoms with Crippen molar-refractivity contribution in [2.45, 2.75) is 46.1 Å². The molecule has 4 aromatic rings. The number of aromatic nitrogens is 1. The van der Waals surface area contributed by atoms with Crippen LogP contribution in [-0.2, 0) is 9.59 Å². The highest BCUT2D eigenvalue weighted by molar-refractivity contribution is 7.22. The molecule has 1 saturated heterocycles. The number of hydrogen-bond donors (Lipinski definition) is 1. The summed E-state index contributed by atoms with van der Waals surface area (Å²) in [5.41, 5.74) is 1.69. The van der Waals surface area contributed by atoms with Crippen molar-refractivity contribution in [3.63, 3.8) is 0 Å². The maximum Gasteiger partial charge on any atom is 0.301 e. The normalized spacial score (nSPS) is 16.3. The predicted molar refractivity (Wildman–Crippen MR) is 165 cm³/mol. The predicted octanol–water partition coefficient (Wildman–Crippen LogP) is 7.29. The Morgan fingerprint density at radius 1 is 0.881 bits per heavy atom. The lowest BCUT2D eigenvalue weighted by Crippen LogP contribution is -2.29. The number of fused-ring (bicyclic) bond motifs is 1. The first-order valence-corrected chi connectivity index (χ1v) is 15.1. The van der Waals surface area contributed by atoms with E-state index in [2.05, 4.69) is 6.92 Å². The minimum absolute atomic E-state index is 0.0143. The lowest BCUT2D eigenvalue weighted by atomic mass is 9.95. The molecule has 1 atom stereocenters. The largest absolute Gasteiger partial charge is 0.507 e. The molecule has 1 unspecified atom stereocenters. The first-order chi connectivity index (χ1) is 20.4. The summed E-state index contributed by atoms with van der Waals surface area (Å²) in [4.78, 5) is 33.3. The molecular weight excluding hydrogens is 552 g/mol. The van der Waals surface area contributed by atoms with Crippen LogP contribution in [-0.4, -0.2) is 41.6 Å². The Labute approximate surface area is 249 Å². The van der Waals surface area contributed by atoms with Crippen LogP contribution in [0, 0.1) is 0 Å². The van der Waals surface area contributed by atoms with Crippen LogP contribution in [0.25, 0.3) is 16.0 Å². The van der Waals surface area contributed by atoms with E-state index in [-0.39, 0.29) is 11.3 Å². The lowest BCUT2D eigenvalue weighted by Gasteiger charge is -2.23. The first kappa shape index (κ1) is 29.1. The zero-order valence-electron chi connectivity index (χ0n) is 24.0. The van der Waals surface area contributed by atoms with E-state index in [1.807, 2.05) is 56.3 Å². The second-order valence-electron chi connectivity index (χ2n) is 9.81. The highest BCUT2D eigenvalue weighted by atomic mass is 32.1. The molecule has 1 N–H and O–H groups in total. The summed E-state index contributed by atoms with van der Waals surface area (Å²) in [5, 5.41) is 11.9. The number of anilines is 1. The van der Waals surface area contributed by atoms with Crippen molar-refractivity contribution in [1.29, 1.82) is 0 Å². The average molecular weight is 587 g/mol. The van der Waals surface area contributed by atoms with Gasteiger partial charge in [-0.2, -0.15) is 0 Å². The molecule has 1 aliphatic rings. The van der Waals surface area contributed by atoms with Crippen molar-refractivity contribution in [1.82, 2.24) is 4.98 Å². The van der Waals surface area contributed by atoms with Gasteiger partial charge in [-0.3, -0.25) is 14.5 Å². The van der Waals surface area contributed by atoms with Crippen LogP contribution in [0.2, 0.25) is 0 Å². The van der Waals surface area contributed by atoms with Gasteiger partial charge in [0.15, 0.2) is 5.13 Å². The number of hydrogen-bond acceptors (Lipinski definition) is 8. The van der Waals surface area contributed by atoms with E-state index in [9.17, 15) is 14.7 Å². The van der Waals surface area contributed by atoms with E-state index in [1.54, 1.807) is 24.3 Å². The van der Waals surface area contributed by atoms with Gasteiger partial charge in [0.05, 0.1) is 41.7 Å². The van der Waals surface area contributed by atoms with Crippen LogP contribution < -0.4 is 19.1 Å². The van der Waals surface area contributed by atoms with Gasteiger partial charge >= 0.3 is 5.91 Å². The van der Waals surface area contributed by atoms with Crippen LogP contribution >= 0.6 is 11.3 Å². The Balaban J connectivity index is 1.60. The highest BCUT2D eigenvalue weighted by Crippen LogP contribution is 2.45. The van der Waals surface area contributed by atoms with Crippen LogP contribution in [0.4, 0.5) is 5.13 Å². The number of rotatable bonds is 12. The molecule has 3 aromatic carbocycles. The molecule has 0 bridgehead atoms. The lowest BCUT2D eigenvalue weighted by molar-refractivity contribution is -0.132. The third-order valence-electron chi connectivity index (χ3n) is 6.94. The fraction of sp³-hybridized carbons (Fsp3) is 0.303. The van der Waals surface area contributed by atoms with E-state index < -0.39 is 17.7 Å². The molecule has 1 aliphatic heterocycles. The molecule has 1 fully saturated rings.